The molecule has 0 heterocycles. The molecule has 0 aliphatic heterocycles. The van der Waals surface area contributed by atoms with Crippen LogP contribution in [0.15, 0.2) is 51.8 Å². The van der Waals surface area contributed by atoms with Crippen LogP contribution in [0.5, 0.6) is 5.75 Å². The van der Waals surface area contributed by atoms with Crippen LogP contribution < -0.4 is 4.74 Å². The first kappa shape index (κ1) is 14.8. The predicted molar refractivity (Wildman–Crippen MR) is 86.3 cm³/mol. The molecule has 0 amide bonds. The summed E-state index contributed by atoms with van der Waals surface area (Å²) in [6.45, 7) is 0. The molecular formula is C15H14BrClOS. The molecule has 4 heteroatoms. The summed E-state index contributed by atoms with van der Waals surface area (Å²) < 4.78 is 6.36. The van der Waals surface area contributed by atoms with Crippen molar-refractivity contribution in [1.29, 1.82) is 0 Å². The molecule has 0 radical (unpaired) electrons. The van der Waals surface area contributed by atoms with Crippen molar-refractivity contribution in [2.75, 3.05) is 7.11 Å². The number of benzene rings is 2. The molecule has 0 N–H and O–H groups in total. The third-order valence-electron chi connectivity index (χ3n) is 2.72. The molecule has 0 spiro atoms. The van der Waals surface area contributed by atoms with E-state index >= 15 is 0 Å². The zero-order valence-electron chi connectivity index (χ0n) is 10.5. The first-order chi connectivity index (χ1) is 9.22. The summed E-state index contributed by atoms with van der Waals surface area (Å²) in [5, 5.41) is 0. The Balaban J connectivity index is 2.05. The minimum Gasteiger partial charge on any atom is -0.497 e. The largest absolute Gasteiger partial charge is 0.497 e. The third-order valence-corrected chi connectivity index (χ3v) is 4.87. The Kier molecular flexibility index (Phi) is 5.61. The van der Waals surface area contributed by atoms with E-state index < -0.39 is 0 Å². The third kappa shape index (κ3) is 4.16. The van der Waals surface area contributed by atoms with Gasteiger partial charge in [-0.2, -0.15) is 0 Å². The van der Waals surface area contributed by atoms with Crippen LogP contribution >= 0.6 is 39.3 Å². The number of methoxy groups -OCH3 is 1. The summed E-state index contributed by atoms with van der Waals surface area (Å²) in [5.74, 6) is 2.35. The summed E-state index contributed by atoms with van der Waals surface area (Å²) in [7, 11) is 1.69. The summed E-state index contributed by atoms with van der Waals surface area (Å²) in [4.78, 5) is 1.24. The molecule has 0 atom stereocenters. The Bertz CT molecular complexity index is 542. The maximum absolute atomic E-state index is 5.78. The smallest absolute Gasteiger partial charge is 0.119 e. The molecule has 19 heavy (non-hydrogen) atoms. The Morgan fingerprint density at radius 1 is 1.16 bits per heavy atom. The van der Waals surface area contributed by atoms with Crippen LogP contribution in [0.4, 0.5) is 0 Å². The fraction of sp³-hybridized carbons (Fsp3) is 0.200. The van der Waals surface area contributed by atoms with Gasteiger partial charge in [0.2, 0.25) is 0 Å². The molecule has 100 valence electrons. The number of hydrogen-bond donors (Lipinski definition) is 0. The van der Waals surface area contributed by atoms with Crippen LogP contribution in [0.1, 0.15) is 11.1 Å². The van der Waals surface area contributed by atoms with E-state index in [0.717, 1.165) is 21.5 Å². The van der Waals surface area contributed by atoms with Crippen molar-refractivity contribution >= 4 is 39.3 Å². The van der Waals surface area contributed by atoms with E-state index in [4.69, 9.17) is 16.3 Å². The highest BCUT2D eigenvalue weighted by Gasteiger charge is 2.03. The molecule has 0 aliphatic carbocycles. The zero-order valence-corrected chi connectivity index (χ0v) is 13.7. The van der Waals surface area contributed by atoms with Crippen LogP contribution in [0.25, 0.3) is 0 Å². The van der Waals surface area contributed by atoms with E-state index in [9.17, 15) is 0 Å². The Morgan fingerprint density at radius 2 is 1.89 bits per heavy atom. The van der Waals surface area contributed by atoms with Gasteiger partial charge in [-0.3, -0.25) is 0 Å². The highest BCUT2D eigenvalue weighted by Crippen LogP contribution is 2.29. The van der Waals surface area contributed by atoms with E-state index in [1.165, 1.54) is 10.5 Å². The fourth-order valence-corrected chi connectivity index (χ4v) is 3.26. The molecule has 2 aromatic rings. The molecule has 2 aromatic carbocycles. The molecule has 0 saturated carbocycles. The van der Waals surface area contributed by atoms with Crippen LogP contribution in [-0.4, -0.2) is 7.11 Å². The van der Waals surface area contributed by atoms with E-state index in [0.29, 0.717) is 5.88 Å². The predicted octanol–water partition coefficient (Wildman–Crippen LogP) is 5.49. The van der Waals surface area contributed by atoms with Gasteiger partial charge in [0.25, 0.3) is 0 Å². The van der Waals surface area contributed by atoms with E-state index in [1.807, 2.05) is 12.1 Å². The SMILES string of the molecule is COc1ccc(Br)c(CSc2ccc(CCl)cc2)c1. The van der Waals surface area contributed by atoms with Crippen LogP contribution in [0, 0.1) is 0 Å². The van der Waals surface area contributed by atoms with Crippen molar-refractivity contribution in [3.63, 3.8) is 0 Å². The number of thioether (sulfide) groups is 1. The highest BCUT2D eigenvalue weighted by molar-refractivity contribution is 9.10. The van der Waals surface area contributed by atoms with Crippen molar-refractivity contribution in [2.45, 2.75) is 16.5 Å². The van der Waals surface area contributed by atoms with Crippen LogP contribution in [-0.2, 0) is 11.6 Å². The zero-order chi connectivity index (χ0) is 13.7. The molecule has 0 aromatic heterocycles. The molecule has 2 rings (SSSR count). The lowest BCUT2D eigenvalue weighted by molar-refractivity contribution is 0.414. The molecule has 0 bridgehead atoms. The first-order valence-electron chi connectivity index (χ1n) is 5.83. The molecule has 0 unspecified atom stereocenters. The minimum absolute atomic E-state index is 0.562. The quantitative estimate of drug-likeness (QED) is 0.517. The standard InChI is InChI=1S/C15H14BrClOS/c1-18-13-4-7-15(16)12(8-13)10-19-14-5-2-11(9-17)3-6-14/h2-8H,9-10H2,1H3. The normalized spacial score (nSPS) is 10.5. The van der Waals surface area contributed by atoms with Gasteiger partial charge in [0, 0.05) is 21.0 Å². The lowest BCUT2D eigenvalue weighted by Gasteiger charge is -2.07. The number of hydrogen-bond acceptors (Lipinski definition) is 2. The van der Waals surface area contributed by atoms with Gasteiger partial charge in [-0.15, -0.1) is 23.4 Å². The number of alkyl halides is 1. The van der Waals surface area contributed by atoms with Gasteiger partial charge in [-0.25, -0.2) is 0 Å². The van der Waals surface area contributed by atoms with E-state index in [2.05, 4.69) is 46.3 Å². The number of rotatable bonds is 5. The maximum Gasteiger partial charge on any atom is 0.119 e. The average molecular weight is 358 g/mol. The fourth-order valence-electron chi connectivity index (χ4n) is 1.62. The molecular weight excluding hydrogens is 344 g/mol. The van der Waals surface area contributed by atoms with Crippen molar-refractivity contribution in [3.8, 4) is 5.75 Å². The Morgan fingerprint density at radius 3 is 2.53 bits per heavy atom. The summed E-state index contributed by atoms with van der Waals surface area (Å²) >= 11 is 11.1. The van der Waals surface area contributed by atoms with Crippen molar-refractivity contribution in [2.24, 2.45) is 0 Å². The average Bonchev–Trinajstić information content (AvgIpc) is 2.47. The number of halogens is 2. The van der Waals surface area contributed by atoms with Gasteiger partial charge in [-0.05, 0) is 41.5 Å². The van der Waals surface area contributed by atoms with Crippen LogP contribution in [0.2, 0.25) is 0 Å². The summed E-state index contributed by atoms with van der Waals surface area (Å²) in [6, 6.07) is 14.4. The number of ether oxygens (including phenoxy) is 1. The minimum atomic E-state index is 0.562. The lowest BCUT2D eigenvalue weighted by atomic mass is 10.2. The van der Waals surface area contributed by atoms with Crippen molar-refractivity contribution < 1.29 is 4.74 Å². The maximum atomic E-state index is 5.78. The summed E-state index contributed by atoms with van der Waals surface area (Å²) in [6.07, 6.45) is 0. The Labute approximate surface area is 131 Å². The van der Waals surface area contributed by atoms with Gasteiger partial charge in [-0.1, -0.05) is 28.1 Å². The van der Waals surface area contributed by atoms with Crippen molar-refractivity contribution in [1.82, 2.24) is 0 Å². The first-order valence-corrected chi connectivity index (χ1v) is 8.14. The van der Waals surface area contributed by atoms with Gasteiger partial charge < -0.3 is 4.74 Å². The topological polar surface area (TPSA) is 9.23 Å². The second-order valence-corrected chi connectivity index (χ2v) is 6.19. The second-order valence-electron chi connectivity index (χ2n) is 4.02. The van der Waals surface area contributed by atoms with Crippen molar-refractivity contribution in [3.05, 3.63) is 58.1 Å². The summed E-state index contributed by atoms with van der Waals surface area (Å²) in [5.41, 5.74) is 2.37. The Hall–Kier alpha value is -0.640. The molecule has 0 fully saturated rings. The second kappa shape index (κ2) is 7.22. The molecule has 0 aliphatic rings. The monoisotopic (exact) mass is 356 g/mol. The van der Waals surface area contributed by atoms with Gasteiger partial charge in [0.15, 0.2) is 0 Å². The van der Waals surface area contributed by atoms with E-state index in [-0.39, 0.29) is 0 Å². The van der Waals surface area contributed by atoms with Gasteiger partial charge in [0.05, 0.1) is 7.11 Å². The van der Waals surface area contributed by atoms with Gasteiger partial charge in [0.1, 0.15) is 5.75 Å². The molecule has 1 nitrogen and oxygen atoms in total. The highest BCUT2D eigenvalue weighted by atomic mass is 79.9. The van der Waals surface area contributed by atoms with E-state index in [1.54, 1.807) is 18.9 Å². The lowest BCUT2D eigenvalue weighted by Crippen LogP contribution is -1.87. The molecule has 0 saturated heterocycles. The van der Waals surface area contributed by atoms with Gasteiger partial charge >= 0.3 is 0 Å². The van der Waals surface area contributed by atoms with Crippen LogP contribution in [0.3, 0.4) is 0 Å².